The van der Waals surface area contributed by atoms with Crippen LogP contribution in [0.25, 0.3) is 0 Å². The summed E-state index contributed by atoms with van der Waals surface area (Å²) in [7, 11) is 3.81. The molecule has 1 rings (SSSR count). The number of ketones is 1. The lowest BCUT2D eigenvalue weighted by Crippen LogP contribution is -2.28. The molecular weight excluding hydrogens is 264 g/mol. The number of methoxy groups -OCH3 is 3. The third-order valence-corrected chi connectivity index (χ3v) is 2.75. The molecule has 0 saturated heterocycles. The van der Waals surface area contributed by atoms with E-state index in [1.54, 1.807) is 12.1 Å². The number of esters is 2. The van der Waals surface area contributed by atoms with E-state index in [9.17, 15) is 14.4 Å². The molecule has 1 unspecified atom stereocenters. The van der Waals surface area contributed by atoms with Gasteiger partial charge in [-0.05, 0) is 12.1 Å². The Balaban J connectivity index is 3.02. The zero-order valence-corrected chi connectivity index (χ0v) is 11.5. The van der Waals surface area contributed by atoms with Gasteiger partial charge < -0.3 is 14.2 Å². The molecule has 0 bridgehead atoms. The summed E-state index contributed by atoms with van der Waals surface area (Å²) in [6, 6.07) is 6.33. The summed E-state index contributed by atoms with van der Waals surface area (Å²) < 4.78 is 14.1. The average Bonchev–Trinajstić information content (AvgIpc) is 2.50. The zero-order chi connectivity index (χ0) is 15.1. The first-order valence-corrected chi connectivity index (χ1v) is 5.86. The Labute approximate surface area is 116 Å². The van der Waals surface area contributed by atoms with Crippen LogP contribution in [0.5, 0.6) is 5.75 Å². The van der Waals surface area contributed by atoms with Gasteiger partial charge >= 0.3 is 11.9 Å². The number of hydrogen-bond acceptors (Lipinski definition) is 6. The maximum atomic E-state index is 12.3. The second kappa shape index (κ2) is 7.28. The summed E-state index contributed by atoms with van der Waals surface area (Å²) in [5.74, 6) is -2.68. The number of carbonyl (C=O) groups is 3. The van der Waals surface area contributed by atoms with Gasteiger partial charge in [0.05, 0.1) is 27.8 Å². The number of rotatable bonds is 6. The van der Waals surface area contributed by atoms with Gasteiger partial charge in [0.15, 0.2) is 5.78 Å². The van der Waals surface area contributed by atoms with Gasteiger partial charge in [0.1, 0.15) is 11.7 Å². The highest BCUT2D eigenvalue weighted by Gasteiger charge is 2.31. The molecule has 6 nitrogen and oxygen atoms in total. The van der Waals surface area contributed by atoms with Crippen molar-refractivity contribution in [1.82, 2.24) is 0 Å². The second-order valence-electron chi connectivity index (χ2n) is 3.95. The van der Waals surface area contributed by atoms with Gasteiger partial charge in [-0.15, -0.1) is 0 Å². The molecule has 0 aliphatic carbocycles. The largest absolute Gasteiger partial charge is 0.497 e. The van der Waals surface area contributed by atoms with Gasteiger partial charge in [0.25, 0.3) is 0 Å². The maximum Gasteiger partial charge on any atom is 0.317 e. The quantitative estimate of drug-likeness (QED) is 0.443. The molecule has 0 spiro atoms. The number of benzene rings is 1. The molecule has 0 N–H and O–H groups in total. The molecule has 20 heavy (non-hydrogen) atoms. The van der Waals surface area contributed by atoms with Crippen LogP contribution in [-0.4, -0.2) is 39.1 Å². The van der Waals surface area contributed by atoms with Crippen molar-refractivity contribution in [3.8, 4) is 5.75 Å². The first kappa shape index (κ1) is 15.7. The summed E-state index contributed by atoms with van der Waals surface area (Å²) >= 11 is 0. The Morgan fingerprint density at radius 2 is 1.80 bits per heavy atom. The van der Waals surface area contributed by atoms with E-state index in [0.29, 0.717) is 5.75 Å². The highest BCUT2D eigenvalue weighted by molar-refractivity contribution is 6.10. The predicted octanol–water partition coefficient (Wildman–Crippen LogP) is 1.23. The van der Waals surface area contributed by atoms with Crippen molar-refractivity contribution >= 4 is 17.7 Å². The van der Waals surface area contributed by atoms with Crippen LogP contribution >= 0.6 is 0 Å². The highest BCUT2D eigenvalue weighted by atomic mass is 16.5. The molecule has 0 amide bonds. The fourth-order valence-electron chi connectivity index (χ4n) is 1.65. The van der Waals surface area contributed by atoms with Crippen LogP contribution in [0, 0.1) is 5.92 Å². The lowest BCUT2D eigenvalue weighted by molar-refractivity contribution is -0.150. The standard InChI is InChI=1S/C14H16O6/c1-18-10-6-4-5-9(7-10)13(16)11(14(17)20-3)8-12(15)19-2/h4-7,11H,8H2,1-3H3. The Morgan fingerprint density at radius 3 is 2.35 bits per heavy atom. The van der Waals surface area contributed by atoms with Crippen LogP contribution in [-0.2, 0) is 19.1 Å². The first-order chi connectivity index (χ1) is 9.53. The topological polar surface area (TPSA) is 78.9 Å². The third-order valence-electron chi connectivity index (χ3n) is 2.75. The number of Topliss-reactive ketones (excluding diaryl/α,β-unsaturated/α-hetero) is 1. The molecule has 0 heterocycles. The van der Waals surface area contributed by atoms with Gasteiger partial charge in [-0.25, -0.2) is 0 Å². The van der Waals surface area contributed by atoms with Crippen LogP contribution in [0.4, 0.5) is 0 Å². The molecule has 0 aliphatic rings. The lowest BCUT2D eigenvalue weighted by atomic mass is 9.94. The summed E-state index contributed by atoms with van der Waals surface area (Å²) in [6.45, 7) is 0. The van der Waals surface area contributed by atoms with Crippen molar-refractivity contribution in [1.29, 1.82) is 0 Å². The fourth-order valence-corrected chi connectivity index (χ4v) is 1.65. The van der Waals surface area contributed by atoms with E-state index in [1.807, 2.05) is 0 Å². The van der Waals surface area contributed by atoms with Gasteiger partial charge in [-0.3, -0.25) is 14.4 Å². The average molecular weight is 280 g/mol. The monoisotopic (exact) mass is 280 g/mol. The van der Waals surface area contributed by atoms with E-state index in [-0.39, 0.29) is 12.0 Å². The van der Waals surface area contributed by atoms with E-state index in [0.717, 1.165) is 7.11 Å². The molecule has 0 aromatic heterocycles. The van der Waals surface area contributed by atoms with E-state index < -0.39 is 23.6 Å². The van der Waals surface area contributed by atoms with E-state index in [1.165, 1.54) is 26.4 Å². The minimum Gasteiger partial charge on any atom is -0.497 e. The Bertz CT molecular complexity index is 508. The lowest BCUT2D eigenvalue weighted by Gasteiger charge is -2.13. The van der Waals surface area contributed by atoms with E-state index in [4.69, 9.17) is 4.74 Å². The fraction of sp³-hybridized carbons (Fsp3) is 0.357. The molecule has 1 aromatic rings. The van der Waals surface area contributed by atoms with Crippen molar-refractivity contribution in [2.75, 3.05) is 21.3 Å². The van der Waals surface area contributed by atoms with Gasteiger partial charge in [0.2, 0.25) is 0 Å². The molecule has 6 heteroatoms. The van der Waals surface area contributed by atoms with Crippen LogP contribution in [0.15, 0.2) is 24.3 Å². The molecular formula is C14H16O6. The summed E-state index contributed by atoms with van der Waals surface area (Å²) in [5.41, 5.74) is 0.267. The normalized spacial score (nSPS) is 11.3. The minimum absolute atomic E-state index is 0.267. The molecule has 0 aliphatic heterocycles. The molecule has 0 radical (unpaired) electrons. The van der Waals surface area contributed by atoms with Crippen LogP contribution in [0.1, 0.15) is 16.8 Å². The van der Waals surface area contributed by atoms with E-state index in [2.05, 4.69) is 9.47 Å². The minimum atomic E-state index is -1.22. The van der Waals surface area contributed by atoms with Gasteiger partial charge in [-0.1, -0.05) is 12.1 Å². The molecule has 0 saturated carbocycles. The van der Waals surface area contributed by atoms with Gasteiger partial charge in [-0.2, -0.15) is 0 Å². The van der Waals surface area contributed by atoms with Crippen LogP contribution in [0.2, 0.25) is 0 Å². The number of carbonyl (C=O) groups excluding carboxylic acids is 3. The first-order valence-electron chi connectivity index (χ1n) is 5.86. The molecule has 1 aromatic carbocycles. The molecule has 108 valence electrons. The Kier molecular flexibility index (Phi) is 5.71. The van der Waals surface area contributed by atoms with E-state index >= 15 is 0 Å². The van der Waals surface area contributed by atoms with Crippen LogP contribution in [0.3, 0.4) is 0 Å². The number of ether oxygens (including phenoxy) is 3. The Hall–Kier alpha value is -2.37. The smallest absolute Gasteiger partial charge is 0.317 e. The summed E-state index contributed by atoms with van der Waals surface area (Å²) in [5, 5.41) is 0. The van der Waals surface area contributed by atoms with Gasteiger partial charge in [0, 0.05) is 5.56 Å². The van der Waals surface area contributed by atoms with Crippen molar-refractivity contribution < 1.29 is 28.6 Å². The zero-order valence-electron chi connectivity index (χ0n) is 11.5. The molecule has 1 atom stereocenters. The molecule has 0 fully saturated rings. The van der Waals surface area contributed by atoms with Crippen molar-refractivity contribution in [3.63, 3.8) is 0 Å². The van der Waals surface area contributed by atoms with Crippen molar-refractivity contribution in [2.24, 2.45) is 5.92 Å². The second-order valence-corrected chi connectivity index (χ2v) is 3.95. The summed E-state index contributed by atoms with van der Waals surface area (Å²) in [4.78, 5) is 35.2. The maximum absolute atomic E-state index is 12.3. The predicted molar refractivity (Wildman–Crippen MR) is 69.5 cm³/mol. The van der Waals surface area contributed by atoms with Crippen molar-refractivity contribution in [3.05, 3.63) is 29.8 Å². The highest BCUT2D eigenvalue weighted by Crippen LogP contribution is 2.19. The summed E-state index contributed by atoms with van der Waals surface area (Å²) in [6.07, 6.45) is -0.362. The Morgan fingerprint density at radius 1 is 1.10 bits per heavy atom. The SMILES string of the molecule is COC(=O)CC(C(=O)OC)C(=O)c1cccc(OC)c1. The number of hydrogen-bond donors (Lipinski definition) is 0. The third kappa shape index (κ3) is 3.81. The van der Waals surface area contributed by atoms with Crippen LogP contribution < -0.4 is 4.74 Å². The van der Waals surface area contributed by atoms with Crippen molar-refractivity contribution in [2.45, 2.75) is 6.42 Å².